The molecule has 0 unspecified atom stereocenters. The highest BCUT2D eigenvalue weighted by atomic mass is 32.2. The number of sulfonamides is 1. The molecule has 0 saturated heterocycles. The van der Waals surface area contributed by atoms with Crippen LogP contribution in [-0.2, 0) is 21.4 Å². The summed E-state index contributed by atoms with van der Waals surface area (Å²) in [7, 11) is -2.04. The van der Waals surface area contributed by atoms with Gasteiger partial charge in [-0.1, -0.05) is 30.3 Å². The highest BCUT2D eigenvalue weighted by Gasteiger charge is 2.20. The van der Waals surface area contributed by atoms with Crippen molar-refractivity contribution in [2.75, 3.05) is 30.3 Å². The van der Waals surface area contributed by atoms with E-state index in [0.29, 0.717) is 42.6 Å². The van der Waals surface area contributed by atoms with E-state index < -0.39 is 16.1 Å². The number of nitrogens with one attached hydrogen (secondary N) is 2. The van der Waals surface area contributed by atoms with Gasteiger partial charge in [0.25, 0.3) is 10.0 Å². The summed E-state index contributed by atoms with van der Waals surface area (Å²) in [4.78, 5) is 14.5. The zero-order valence-corrected chi connectivity index (χ0v) is 19.8. The van der Waals surface area contributed by atoms with Gasteiger partial charge in [-0.25, -0.2) is 8.42 Å². The predicted octanol–water partition coefficient (Wildman–Crippen LogP) is 3.72. The molecule has 0 aromatic heterocycles. The van der Waals surface area contributed by atoms with Crippen molar-refractivity contribution >= 4 is 27.3 Å². The summed E-state index contributed by atoms with van der Waals surface area (Å²) in [5.74, 6) is 0.885. The molecule has 3 aromatic rings. The Morgan fingerprint density at radius 2 is 1.59 bits per heavy atom. The lowest BCUT2D eigenvalue weighted by Gasteiger charge is -2.23. The summed E-state index contributed by atoms with van der Waals surface area (Å²) in [6.45, 7) is 3.13. The van der Waals surface area contributed by atoms with Crippen molar-refractivity contribution in [3.8, 4) is 11.5 Å². The first-order chi connectivity index (χ1) is 16.3. The number of ether oxygens (including phenoxy) is 2. The number of fused-ring (bicyclic) bond motifs is 1. The number of carbonyl (C=O) groups excluding carboxylic acids is 1. The molecule has 0 saturated carbocycles. The Morgan fingerprint density at radius 3 is 2.29 bits per heavy atom. The van der Waals surface area contributed by atoms with E-state index in [0.717, 1.165) is 5.56 Å². The van der Waals surface area contributed by atoms with Crippen LogP contribution in [0.1, 0.15) is 12.5 Å². The molecule has 0 bridgehead atoms. The summed E-state index contributed by atoms with van der Waals surface area (Å²) in [5, 5.41) is 3.17. The number of hydrogen-bond acceptors (Lipinski definition) is 6. The molecule has 1 amide bonds. The number of hydrogen-bond donors (Lipinski definition) is 2. The SMILES string of the molecule is C[C@H](Nc1ccc(NS(=O)(=O)c2ccc3c(c2)OCCO3)cc1)C(=O)N(C)Cc1ccccc1. The van der Waals surface area contributed by atoms with Crippen LogP contribution >= 0.6 is 0 Å². The molecule has 0 radical (unpaired) electrons. The molecule has 0 aliphatic carbocycles. The molecule has 8 nitrogen and oxygen atoms in total. The molecular weight excluding hydrogens is 454 g/mol. The summed E-state index contributed by atoms with van der Waals surface area (Å²) in [5.41, 5.74) is 2.16. The molecule has 4 rings (SSSR count). The summed E-state index contributed by atoms with van der Waals surface area (Å²) >= 11 is 0. The van der Waals surface area contributed by atoms with Gasteiger partial charge in [0.05, 0.1) is 4.90 Å². The van der Waals surface area contributed by atoms with Gasteiger partial charge in [-0.2, -0.15) is 0 Å². The fourth-order valence-electron chi connectivity index (χ4n) is 3.62. The van der Waals surface area contributed by atoms with Crippen molar-refractivity contribution in [3.05, 3.63) is 78.4 Å². The lowest BCUT2D eigenvalue weighted by atomic mass is 10.2. The van der Waals surface area contributed by atoms with E-state index >= 15 is 0 Å². The molecule has 1 aliphatic rings. The molecule has 0 spiro atoms. The first kappa shape index (κ1) is 23.4. The first-order valence-corrected chi connectivity index (χ1v) is 12.4. The predicted molar refractivity (Wildman–Crippen MR) is 131 cm³/mol. The molecule has 2 N–H and O–H groups in total. The molecule has 1 atom stereocenters. The van der Waals surface area contributed by atoms with Gasteiger partial charge in [0.2, 0.25) is 5.91 Å². The van der Waals surface area contributed by atoms with Crippen LogP contribution in [0.3, 0.4) is 0 Å². The van der Waals surface area contributed by atoms with Crippen molar-refractivity contribution in [1.29, 1.82) is 0 Å². The van der Waals surface area contributed by atoms with Crippen LogP contribution in [0.25, 0.3) is 0 Å². The number of rotatable bonds is 8. The van der Waals surface area contributed by atoms with Crippen LogP contribution in [0, 0.1) is 0 Å². The summed E-state index contributed by atoms with van der Waals surface area (Å²) < 4.78 is 39.1. The van der Waals surface area contributed by atoms with E-state index in [2.05, 4.69) is 10.0 Å². The molecule has 34 heavy (non-hydrogen) atoms. The fraction of sp³-hybridized carbons (Fsp3) is 0.240. The Kier molecular flexibility index (Phi) is 6.93. The van der Waals surface area contributed by atoms with Crippen LogP contribution in [0.4, 0.5) is 11.4 Å². The second-order valence-corrected chi connectivity index (χ2v) is 9.72. The maximum Gasteiger partial charge on any atom is 0.262 e. The number of nitrogens with zero attached hydrogens (tertiary/aromatic N) is 1. The number of carbonyl (C=O) groups is 1. The Hall–Kier alpha value is -3.72. The number of likely N-dealkylation sites (N-methyl/N-ethyl adjacent to an activating group) is 1. The van der Waals surface area contributed by atoms with Crippen molar-refractivity contribution in [1.82, 2.24) is 4.90 Å². The minimum Gasteiger partial charge on any atom is -0.486 e. The zero-order valence-electron chi connectivity index (χ0n) is 19.0. The van der Waals surface area contributed by atoms with E-state index in [1.54, 1.807) is 49.2 Å². The molecular formula is C25H27N3O5S. The topological polar surface area (TPSA) is 97.0 Å². The Labute approximate surface area is 199 Å². The number of amides is 1. The molecule has 178 valence electrons. The van der Waals surface area contributed by atoms with E-state index in [1.165, 1.54) is 12.1 Å². The Bertz CT molecular complexity index is 1250. The third kappa shape index (κ3) is 5.60. The van der Waals surface area contributed by atoms with Gasteiger partial charge in [0.1, 0.15) is 19.3 Å². The van der Waals surface area contributed by atoms with Gasteiger partial charge < -0.3 is 19.7 Å². The first-order valence-electron chi connectivity index (χ1n) is 10.9. The lowest BCUT2D eigenvalue weighted by molar-refractivity contribution is -0.130. The normalized spacial score (nSPS) is 13.6. The smallest absolute Gasteiger partial charge is 0.262 e. The maximum atomic E-state index is 12.8. The van der Waals surface area contributed by atoms with Crippen LogP contribution in [0.2, 0.25) is 0 Å². The van der Waals surface area contributed by atoms with Crippen molar-refractivity contribution in [2.45, 2.75) is 24.4 Å². The number of anilines is 2. The Morgan fingerprint density at radius 1 is 0.941 bits per heavy atom. The second-order valence-electron chi connectivity index (χ2n) is 8.03. The monoisotopic (exact) mass is 481 g/mol. The minimum absolute atomic E-state index is 0.0489. The van der Waals surface area contributed by atoms with E-state index in [-0.39, 0.29) is 10.8 Å². The average Bonchev–Trinajstić information content (AvgIpc) is 2.85. The standard InChI is InChI=1S/C25H27N3O5S/c1-18(25(29)28(2)17-19-6-4-3-5-7-19)26-20-8-10-21(11-9-20)27-34(30,31)22-12-13-23-24(16-22)33-15-14-32-23/h3-13,16,18,26-27H,14-15,17H2,1-2H3/t18-/m0/s1. The van der Waals surface area contributed by atoms with Gasteiger partial charge >= 0.3 is 0 Å². The minimum atomic E-state index is -3.80. The lowest BCUT2D eigenvalue weighted by Crippen LogP contribution is -2.38. The van der Waals surface area contributed by atoms with Crippen LogP contribution in [0.5, 0.6) is 11.5 Å². The molecule has 1 aliphatic heterocycles. The van der Waals surface area contributed by atoms with Gasteiger partial charge in [-0.05, 0) is 48.9 Å². The molecule has 1 heterocycles. The highest BCUT2D eigenvalue weighted by Crippen LogP contribution is 2.32. The van der Waals surface area contributed by atoms with E-state index in [4.69, 9.17) is 9.47 Å². The van der Waals surface area contributed by atoms with E-state index in [1.807, 2.05) is 30.3 Å². The highest BCUT2D eigenvalue weighted by molar-refractivity contribution is 7.92. The second kappa shape index (κ2) is 10.0. The van der Waals surface area contributed by atoms with Crippen LogP contribution in [-0.4, -0.2) is 45.5 Å². The molecule has 0 fully saturated rings. The Balaban J connectivity index is 1.36. The largest absolute Gasteiger partial charge is 0.486 e. The zero-order chi connectivity index (χ0) is 24.1. The summed E-state index contributed by atoms with van der Waals surface area (Å²) in [6.07, 6.45) is 0. The van der Waals surface area contributed by atoms with Crippen molar-refractivity contribution in [3.63, 3.8) is 0 Å². The van der Waals surface area contributed by atoms with Gasteiger partial charge in [-0.15, -0.1) is 0 Å². The fourth-order valence-corrected chi connectivity index (χ4v) is 4.69. The average molecular weight is 482 g/mol. The van der Waals surface area contributed by atoms with Gasteiger partial charge in [0, 0.05) is 31.0 Å². The van der Waals surface area contributed by atoms with Crippen LogP contribution in [0.15, 0.2) is 77.7 Å². The van der Waals surface area contributed by atoms with E-state index in [9.17, 15) is 13.2 Å². The number of benzene rings is 3. The molecule has 3 aromatic carbocycles. The third-order valence-corrected chi connectivity index (χ3v) is 6.73. The third-order valence-electron chi connectivity index (χ3n) is 5.35. The van der Waals surface area contributed by atoms with Gasteiger partial charge in [0.15, 0.2) is 11.5 Å². The quantitative estimate of drug-likeness (QED) is 0.509. The maximum absolute atomic E-state index is 12.8. The van der Waals surface area contributed by atoms with Crippen LogP contribution < -0.4 is 19.5 Å². The summed E-state index contributed by atoms with van der Waals surface area (Å²) in [6, 6.07) is 20.6. The molecule has 9 heteroatoms. The van der Waals surface area contributed by atoms with Gasteiger partial charge in [-0.3, -0.25) is 9.52 Å². The van der Waals surface area contributed by atoms with Crippen molar-refractivity contribution < 1.29 is 22.7 Å². The van der Waals surface area contributed by atoms with Crippen molar-refractivity contribution in [2.24, 2.45) is 0 Å².